The number of ether oxygens (including phenoxy) is 1. The van der Waals surface area contributed by atoms with Crippen molar-refractivity contribution in [3.05, 3.63) is 29.8 Å². The molecule has 1 heterocycles. The maximum atomic E-state index is 12.2. The Bertz CT molecular complexity index is 541. The fourth-order valence-electron chi connectivity index (χ4n) is 2.60. The number of rotatable bonds is 6. The van der Waals surface area contributed by atoms with Gasteiger partial charge in [-0.25, -0.2) is 4.79 Å². The van der Waals surface area contributed by atoms with Crippen LogP contribution in [-0.2, 0) is 16.0 Å². The van der Waals surface area contributed by atoms with E-state index in [9.17, 15) is 14.7 Å². The first-order chi connectivity index (χ1) is 10.6. The Hall–Kier alpha value is -1.69. The van der Waals surface area contributed by atoms with Crippen molar-refractivity contribution in [2.75, 3.05) is 18.6 Å². The van der Waals surface area contributed by atoms with Crippen molar-refractivity contribution in [2.24, 2.45) is 0 Å². The minimum atomic E-state index is -1.09. The van der Waals surface area contributed by atoms with Crippen LogP contribution in [-0.4, -0.2) is 41.1 Å². The number of para-hydroxylation sites is 1. The number of carbonyl (C=O) groups excluding carboxylic acids is 1. The average Bonchev–Trinajstić information content (AvgIpc) is 2.54. The molecule has 1 aliphatic rings. The first-order valence-electron chi connectivity index (χ1n) is 7.31. The Labute approximate surface area is 134 Å². The number of amides is 1. The van der Waals surface area contributed by atoms with Gasteiger partial charge in [-0.15, -0.1) is 0 Å². The van der Waals surface area contributed by atoms with Crippen LogP contribution in [0, 0.1) is 0 Å². The molecule has 2 N–H and O–H groups in total. The highest BCUT2D eigenvalue weighted by atomic mass is 32.2. The van der Waals surface area contributed by atoms with Gasteiger partial charge in [0.05, 0.1) is 7.11 Å². The number of thioether (sulfide) groups is 1. The summed E-state index contributed by atoms with van der Waals surface area (Å²) in [6.45, 7) is 0. The Morgan fingerprint density at radius 2 is 2.00 bits per heavy atom. The Morgan fingerprint density at radius 3 is 2.64 bits per heavy atom. The highest BCUT2D eigenvalue weighted by Crippen LogP contribution is 2.27. The lowest BCUT2D eigenvalue weighted by molar-refractivity contribution is -0.148. The Kier molecular flexibility index (Phi) is 5.71. The number of hydrogen-bond donors (Lipinski definition) is 2. The molecule has 0 saturated carbocycles. The molecule has 5 nitrogen and oxygen atoms in total. The number of hydrogen-bond acceptors (Lipinski definition) is 4. The summed E-state index contributed by atoms with van der Waals surface area (Å²) in [5, 5.41) is 12.2. The molecule has 1 aromatic carbocycles. The molecule has 1 fully saturated rings. The highest BCUT2D eigenvalue weighted by Gasteiger charge is 2.41. The summed E-state index contributed by atoms with van der Waals surface area (Å²) in [4.78, 5) is 23.7. The van der Waals surface area contributed by atoms with E-state index in [1.54, 1.807) is 18.9 Å². The van der Waals surface area contributed by atoms with E-state index in [0.29, 0.717) is 19.3 Å². The maximum absolute atomic E-state index is 12.2. The van der Waals surface area contributed by atoms with Crippen molar-refractivity contribution in [1.82, 2.24) is 5.32 Å². The van der Waals surface area contributed by atoms with Crippen molar-refractivity contribution < 1.29 is 19.4 Å². The van der Waals surface area contributed by atoms with Crippen LogP contribution < -0.4 is 10.1 Å². The predicted molar refractivity (Wildman–Crippen MR) is 86.4 cm³/mol. The van der Waals surface area contributed by atoms with Gasteiger partial charge < -0.3 is 15.2 Å². The molecule has 22 heavy (non-hydrogen) atoms. The fourth-order valence-corrected chi connectivity index (χ4v) is 3.79. The van der Waals surface area contributed by atoms with Gasteiger partial charge in [0.25, 0.3) is 0 Å². The maximum Gasteiger partial charge on any atom is 0.329 e. The molecular weight excluding hydrogens is 302 g/mol. The molecule has 6 heteroatoms. The van der Waals surface area contributed by atoms with Crippen LogP contribution in [0.5, 0.6) is 5.75 Å². The lowest BCUT2D eigenvalue weighted by Crippen LogP contribution is -2.56. The predicted octanol–water partition coefficient (Wildman–Crippen LogP) is 2.09. The molecule has 0 aliphatic carbocycles. The van der Waals surface area contributed by atoms with E-state index in [4.69, 9.17) is 4.74 Å². The van der Waals surface area contributed by atoms with E-state index in [2.05, 4.69) is 5.32 Å². The molecule has 1 aromatic rings. The van der Waals surface area contributed by atoms with E-state index >= 15 is 0 Å². The minimum Gasteiger partial charge on any atom is -0.496 e. The van der Waals surface area contributed by atoms with Crippen LogP contribution in [0.3, 0.4) is 0 Å². The molecule has 0 aromatic heterocycles. The van der Waals surface area contributed by atoms with Gasteiger partial charge in [-0.3, -0.25) is 4.79 Å². The summed E-state index contributed by atoms with van der Waals surface area (Å²) in [6.07, 6.45) is 1.74. The van der Waals surface area contributed by atoms with Crippen LogP contribution in [0.25, 0.3) is 0 Å². The zero-order chi connectivity index (χ0) is 16.0. The number of carboxylic acids is 1. The first kappa shape index (κ1) is 16.7. The lowest BCUT2D eigenvalue weighted by atomic mass is 9.92. The van der Waals surface area contributed by atoms with E-state index < -0.39 is 11.5 Å². The zero-order valence-electron chi connectivity index (χ0n) is 12.6. The summed E-state index contributed by atoms with van der Waals surface area (Å²) >= 11 is 1.73. The van der Waals surface area contributed by atoms with Crippen LogP contribution in [0.2, 0.25) is 0 Å². The van der Waals surface area contributed by atoms with Gasteiger partial charge in [0.1, 0.15) is 11.3 Å². The topological polar surface area (TPSA) is 75.6 Å². The van der Waals surface area contributed by atoms with Crippen LogP contribution >= 0.6 is 11.8 Å². The minimum absolute atomic E-state index is 0.222. The van der Waals surface area contributed by atoms with Crippen LogP contribution in [0.1, 0.15) is 24.8 Å². The highest BCUT2D eigenvalue weighted by molar-refractivity contribution is 7.99. The molecule has 1 saturated heterocycles. The second-order valence-corrected chi connectivity index (χ2v) is 6.58. The van der Waals surface area contributed by atoms with E-state index in [1.807, 2.05) is 24.3 Å². The van der Waals surface area contributed by atoms with Gasteiger partial charge in [-0.1, -0.05) is 18.2 Å². The molecular formula is C16H21NO4S. The standard InChI is InChI=1S/C16H21NO4S/c1-21-13-5-3-2-4-12(13)6-7-14(18)17-16(15(19)20)8-10-22-11-9-16/h2-5H,6-11H2,1H3,(H,17,18)(H,19,20). The molecule has 1 amide bonds. The van der Waals surface area contributed by atoms with Crippen molar-refractivity contribution in [1.29, 1.82) is 0 Å². The van der Waals surface area contributed by atoms with E-state index in [-0.39, 0.29) is 12.3 Å². The second kappa shape index (κ2) is 7.54. The quantitative estimate of drug-likeness (QED) is 0.838. The smallest absolute Gasteiger partial charge is 0.329 e. The van der Waals surface area contributed by atoms with Gasteiger partial charge in [-0.2, -0.15) is 11.8 Å². The van der Waals surface area contributed by atoms with Gasteiger partial charge in [-0.05, 0) is 42.4 Å². The van der Waals surface area contributed by atoms with Crippen molar-refractivity contribution >= 4 is 23.6 Å². The largest absolute Gasteiger partial charge is 0.496 e. The molecule has 0 spiro atoms. The fraction of sp³-hybridized carbons (Fsp3) is 0.500. The monoisotopic (exact) mass is 323 g/mol. The van der Waals surface area contributed by atoms with Gasteiger partial charge >= 0.3 is 5.97 Å². The van der Waals surface area contributed by atoms with E-state index in [1.165, 1.54) is 0 Å². The second-order valence-electron chi connectivity index (χ2n) is 5.36. The van der Waals surface area contributed by atoms with Gasteiger partial charge in [0.2, 0.25) is 5.91 Å². The molecule has 0 bridgehead atoms. The van der Waals surface area contributed by atoms with E-state index in [0.717, 1.165) is 22.8 Å². The zero-order valence-corrected chi connectivity index (χ0v) is 13.4. The number of nitrogens with one attached hydrogen (secondary N) is 1. The summed E-state index contributed by atoms with van der Waals surface area (Å²) in [7, 11) is 1.60. The number of carbonyl (C=O) groups is 2. The average molecular weight is 323 g/mol. The molecule has 0 radical (unpaired) electrons. The van der Waals surface area contributed by atoms with Gasteiger partial charge in [0, 0.05) is 6.42 Å². The Balaban J connectivity index is 1.95. The number of methoxy groups -OCH3 is 1. The molecule has 1 aliphatic heterocycles. The molecule has 0 unspecified atom stereocenters. The first-order valence-corrected chi connectivity index (χ1v) is 8.47. The molecule has 0 atom stereocenters. The number of benzene rings is 1. The molecule has 2 rings (SSSR count). The van der Waals surface area contributed by atoms with Crippen LogP contribution in [0.15, 0.2) is 24.3 Å². The number of aryl methyl sites for hydroxylation is 1. The number of carboxylic acid groups (broad SMARTS) is 1. The number of aliphatic carboxylic acids is 1. The van der Waals surface area contributed by atoms with Crippen molar-refractivity contribution in [3.63, 3.8) is 0 Å². The summed E-state index contributed by atoms with van der Waals surface area (Å²) in [5.74, 6) is 1.12. The van der Waals surface area contributed by atoms with Crippen molar-refractivity contribution in [2.45, 2.75) is 31.2 Å². The Morgan fingerprint density at radius 1 is 1.32 bits per heavy atom. The van der Waals surface area contributed by atoms with Crippen LogP contribution in [0.4, 0.5) is 0 Å². The third-order valence-electron chi connectivity index (χ3n) is 3.95. The normalized spacial score (nSPS) is 16.8. The SMILES string of the molecule is COc1ccccc1CCC(=O)NC1(C(=O)O)CCSCC1. The molecule has 120 valence electrons. The summed E-state index contributed by atoms with van der Waals surface area (Å²) in [6, 6.07) is 7.54. The summed E-state index contributed by atoms with van der Waals surface area (Å²) in [5.41, 5.74) is -0.146. The van der Waals surface area contributed by atoms with Crippen molar-refractivity contribution in [3.8, 4) is 5.75 Å². The third-order valence-corrected chi connectivity index (χ3v) is 4.93. The summed E-state index contributed by atoms with van der Waals surface area (Å²) < 4.78 is 5.26. The lowest BCUT2D eigenvalue weighted by Gasteiger charge is -2.33. The third kappa shape index (κ3) is 3.94. The van der Waals surface area contributed by atoms with Gasteiger partial charge in [0.15, 0.2) is 0 Å².